The molecule has 0 aliphatic rings. The number of anilines is 1. The summed E-state index contributed by atoms with van der Waals surface area (Å²) in [7, 11) is 0. The number of carbonyl (C=O) groups is 1. The molecule has 2 aromatic carbocycles. The Balaban J connectivity index is 1.71. The van der Waals surface area contributed by atoms with Gasteiger partial charge in [0.05, 0.1) is 11.3 Å². The Bertz CT molecular complexity index is 939. The van der Waals surface area contributed by atoms with Crippen LogP contribution in [0.5, 0.6) is 5.75 Å². The summed E-state index contributed by atoms with van der Waals surface area (Å²) in [5.41, 5.74) is 2.58. The van der Waals surface area contributed by atoms with Crippen LogP contribution in [0.2, 0.25) is 0 Å². The number of phenolic OH excluding ortho intramolecular Hbond substituents is 1. The number of nitrogens with zero attached hydrogens (tertiary/aromatic N) is 3. The Labute approximate surface area is 162 Å². The molecule has 27 heavy (non-hydrogen) atoms. The standard InChI is InChI=1S/C20H22N4O2S/c1-3-14-9-5-7-11-16(14)21-18(26)13-27-20-23-22-19(24(20)4-2)15-10-6-8-12-17(15)25/h5-12,25H,3-4,13H2,1-2H3,(H,21,26). The Morgan fingerprint density at radius 1 is 1.11 bits per heavy atom. The average molecular weight is 382 g/mol. The Morgan fingerprint density at radius 2 is 1.85 bits per heavy atom. The second-order valence-corrected chi connectivity index (χ2v) is 6.86. The van der Waals surface area contributed by atoms with E-state index in [0.717, 1.165) is 17.7 Å². The molecule has 6 nitrogen and oxygen atoms in total. The van der Waals surface area contributed by atoms with E-state index in [2.05, 4.69) is 22.4 Å². The van der Waals surface area contributed by atoms with Crippen LogP contribution in [-0.2, 0) is 17.8 Å². The van der Waals surface area contributed by atoms with Gasteiger partial charge in [-0.3, -0.25) is 4.79 Å². The number of carbonyl (C=O) groups excluding carboxylic acids is 1. The van der Waals surface area contributed by atoms with E-state index in [9.17, 15) is 9.90 Å². The molecule has 1 amide bonds. The molecule has 0 spiro atoms. The molecule has 140 valence electrons. The maximum atomic E-state index is 12.4. The molecule has 2 N–H and O–H groups in total. The molecule has 0 fully saturated rings. The van der Waals surface area contributed by atoms with Gasteiger partial charge < -0.3 is 15.0 Å². The molecule has 0 atom stereocenters. The first-order valence-corrected chi connectivity index (χ1v) is 9.84. The third kappa shape index (κ3) is 4.31. The minimum Gasteiger partial charge on any atom is -0.507 e. The van der Waals surface area contributed by atoms with E-state index in [1.165, 1.54) is 11.8 Å². The summed E-state index contributed by atoms with van der Waals surface area (Å²) in [5, 5.41) is 22.1. The number of aromatic nitrogens is 3. The normalized spacial score (nSPS) is 10.7. The summed E-state index contributed by atoms with van der Waals surface area (Å²) >= 11 is 1.33. The first-order valence-electron chi connectivity index (χ1n) is 8.86. The van der Waals surface area contributed by atoms with Crippen molar-refractivity contribution in [2.24, 2.45) is 0 Å². The zero-order valence-corrected chi connectivity index (χ0v) is 16.2. The maximum Gasteiger partial charge on any atom is 0.234 e. The average Bonchev–Trinajstić information content (AvgIpc) is 3.10. The monoisotopic (exact) mass is 382 g/mol. The number of nitrogens with one attached hydrogen (secondary N) is 1. The minimum atomic E-state index is -0.0874. The van der Waals surface area contributed by atoms with Gasteiger partial charge >= 0.3 is 0 Å². The smallest absolute Gasteiger partial charge is 0.234 e. The number of amides is 1. The number of benzene rings is 2. The summed E-state index contributed by atoms with van der Waals surface area (Å²) < 4.78 is 1.90. The second kappa shape index (κ2) is 8.73. The van der Waals surface area contributed by atoms with Crippen LogP contribution in [0.3, 0.4) is 0 Å². The first kappa shape index (κ1) is 19.0. The van der Waals surface area contributed by atoms with Gasteiger partial charge in [-0.1, -0.05) is 49.0 Å². The van der Waals surface area contributed by atoms with E-state index >= 15 is 0 Å². The van der Waals surface area contributed by atoms with Crippen LogP contribution in [0.4, 0.5) is 5.69 Å². The van der Waals surface area contributed by atoms with Gasteiger partial charge in [0.1, 0.15) is 5.75 Å². The zero-order valence-electron chi connectivity index (χ0n) is 15.3. The van der Waals surface area contributed by atoms with Crippen LogP contribution >= 0.6 is 11.8 Å². The van der Waals surface area contributed by atoms with Crippen molar-refractivity contribution in [3.63, 3.8) is 0 Å². The number of para-hydroxylation sites is 2. The van der Waals surface area contributed by atoms with Gasteiger partial charge in [-0.25, -0.2) is 0 Å². The molecular weight excluding hydrogens is 360 g/mol. The summed E-state index contributed by atoms with van der Waals surface area (Å²) in [6, 6.07) is 14.8. The number of thioether (sulfide) groups is 1. The molecule has 3 rings (SSSR count). The van der Waals surface area contributed by atoms with Crippen LogP contribution in [0.25, 0.3) is 11.4 Å². The third-order valence-electron chi connectivity index (χ3n) is 4.18. The van der Waals surface area contributed by atoms with E-state index in [0.29, 0.717) is 23.1 Å². The molecular formula is C20H22N4O2S. The van der Waals surface area contributed by atoms with Crippen LogP contribution < -0.4 is 5.32 Å². The molecule has 3 aromatic rings. The highest BCUT2D eigenvalue weighted by molar-refractivity contribution is 7.99. The molecule has 7 heteroatoms. The van der Waals surface area contributed by atoms with E-state index in [1.54, 1.807) is 18.2 Å². The highest BCUT2D eigenvalue weighted by atomic mass is 32.2. The predicted octanol–water partition coefficient (Wildman–Crippen LogP) is 3.96. The van der Waals surface area contributed by atoms with Crippen LogP contribution in [0, 0.1) is 0 Å². The van der Waals surface area contributed by atoms with E-state index in [1.807, 2.05) is 41.8 Å². The van der Waals surface area contributed by atoms with Gasteiger partial charge in [-0.2, -0.15) is 0 Å². The molecule has 0 aliphatic carbocycles. The van der Waals surface area contributed by atoms with Gasteiger partial charge in [0.25, 0.3) is 0 Å². The SMILES string of the molecule is CCc1ccccc1NC(=O)CSc1nnc(-c2ccccc2O)n1CC. The van der Waals surface area contributed by atoms with Crippen molar-refractivity contribution in [2.75, 3.05) is 11.1 Å². The van der Waals surface area contributed by atoms with E-state index < -0.39 is 0 Å². The molecule has 0 unspecified atom stereocenters. The number of phenols is 1. The fraction of sp³-hybridized carbons (Fsp3) is 0.250. The third-order valence-corrected chi connectivity index (χ3v) is 5.15. The molecule has 0 saturated heterocycles. The maximum absolute atomic E-state index is 12.4. The lowest BCUT2D eigenvalue weighted by Gasteiger charge is -2.10. The van der Waals surface area contributed by atoms with E-state index in [-0.39, 0.29) is 17.4 Å². The highest BCUT2D eigenvalue weighted by Gasteiger charge is 2.17. The van der Waals surface area contributed by atoms with Crippen molar-refractivity contribution in [3.05, 3.63) is 54.1 Å². The van der Waals surface area contributed by atoms with Crippen molar-refractivity contribution >= 4 is 23.4 Å². The minimum absolute atomic E-state index is 0.0874. The molecule has 0 saturated carbocycles. The van der Waals surface area contributed by atoms with Crippen molar-refractivity contribution in [2.45, 2.75) is 32.0 Å². The largest absolute Gasteiger partial charge is 0.507 e. The summed E-state index contributed by atoms with van der Waals surface area (Å²) in [5.74, 6) is 0.896. The van der Waals surface area contributed by atoms with Crippen molar-refractivity contribution in [1.82, 2.24) is 14.8 Å². The second-order valence-electron chi connectivity index (χ2n) is 5.92. The first-order chi connectivity index (χ1) is 13.1. The Hall–Kier alpha value is -2.80. The quantitative estimate of drug-likeness (QED) is 0.605. The molecule has 0 aliphatic heterocycles. The van der Waals surface area contributed by atoms with Gasteiger partial charge in [-0.15, -0.1) is 10.2 Å². The van der Waals surface area contributed by atoms with Crippen LogP contribution in [-0.4, -0.2) is 31.5 Å². The molecule has 0 bridgehead atoms. The zero-order chi connectivity index (χ0) is 19.2. The lowest BCUT2D eigenvalue weighted by atomic mass is 10.1. The lowest BCUT2D eigenvalue weighted by Crippen LogP contribution is -2.15. The van der Waals surface area contributed by atoms with Crippen LogP contribution in [0.1, 0.15) is 19.4 Å². The number of hydrogen-bond donors (Lipinski definition) is 2. The number of rotatable bonds is 7. The number of aryl methyl sites for hydroxylation is 1. The molecule has 1 heterocycles. The van der Waals surface area contributed by atoms with Gasteiger partial charge in [0, 0.05) is 12.2 Å². The van der Waals surface area contributed by atoms with E-state index in [4.69, 9.17) is 0 Å². The van der Waals surface area contributed by atoms with Crippen molar-refractivity contribution in [3.8, 4) is 17.1 Å². The van der Waals surface area contributed by atoms with Crippen LogP contribution in [0.15, 0.2) is 53.7 Å². The van der Waals surface area contributed by atoms with Crippen molar-refractivity contribution in [1.29, 1.82) is 0 Å². The number of hydrogen-bond acceptors (Lipinski definition) is 5. The highest BCUT2D eigenvalue weighted by Crippen LogP contribution is 2.30. The fourth-order valence-corrected chi connectivity index (χ4v) is 3.61. The fourth-order valence-electron chi connectivity index (χ4n) is 2.81. The van der Waals surface area contributed by atoms with Gasteiger partial charge in [-0.05, 0) is 37.1 Å². The summed E-state index contributed by atoms with van der Waals surface area (Å²) in [4.78, 5) is 12.4. The Morgan fingerprint density at radius 3 is 2.59 bits per heavy atom. The topological polar surface area (TPSA) is 80.0 Å². The van der Waals surface area contributed by atoms with Crippen molar-refractivity contribution < 1.29 is 9.90 Å². The number of aromatic hydroxyl groups is 1. The summed E-state index contributed by atoms with van der Waals surface area (Å²) in [6.07, 6.45) is 0.859. The predicted molar refractivity (Wildman–Crippen MR) is 108 cm³/mol. The summed E-state index contributed by atoms with van der Waals surface area (Å²) in [6.45, 7) is 4.68. The van der Waals surface area contributed by atoms with Gasteiger partial charge in [0.15, 0.2) is 11.0 Å². The Kier molecular flexibility index (Phi) is 6.13. The lowest BCUT2D eigenvalue weighted by molar-refractivity contribution is -0.113. The van der Waals surface area contributed by atoms with Gasteiger partial charge in [0.2, 0.25) is 5.91 Å². The molecule has 0 radical (unpaired) electrons. The molecule has 1 aromatic heterocycles.